The second-order valence-electron chi connectivity index (χ2n) is 21.7. The van der Waals surface area contributed by atoms with E-state index in [1.807, 2.05) is 6.07 Å². The predicted octanol–water partition coefficient (Wildman–Crippen LogP) is 14.3. The molecule has 0 bridgehead atoms. The van der Waals surface area contributed by atoms with Crippen molar-refractivity contribution >= 4 is 79.2 Å². The fourth-order valence-electron chi connectivity index (χ4n) is 10.9. The van der Waals surface area contributed by atoms with Crippen LogP contribution < -0.4 is 26.2 Å². The van der Waals surface area contributed by atoms with Crippen molar-refractivity contribution in [1.29, 1.82) is 0 Å². The minimum absolute atomic E-state index is 0.00271. The van der Waals surface area contributed by atoms with Crippen molar-refractivity contribution in [2.45, 2.75) is 104 Å². The van der Waals surface area contributed by atoms with E-state index < -0.39 is 0 Å². The summed E-state index contributed by atoms with van der Waals surface area (Å²) >= 11 is 0. The Balaban J connectivity index is 1.16. The van der Waals surface area contributed by atoms with Crippen molar-refractivity contribution in [2.75, 3.05) is 9.80 Å². The second-order valence-corrected chi connectivity index (χ2v) is 21.7. The second kappa shape index (κ2) is 13.3. The van der Waals surface area contributed by atoms with Crippen LogP contribution in [0.25, 0.3) is 33.1 Å². The van der Waals surface area contributed by atoms with Crippen molar-refractivity contribution in [3.8, 4) is 11.1 Å². The standard InChI is InChI=1S/C58H57BN2O/c1-55(2,3)37-23-28-40(29-24-37)60-47-17-14-18-48-54(47)59(45-30-25-38(33-49(45)60)56(4,5)6)46-34-43-44(58(9,10)32-31-57(43,7)8)35-50(46)61(48)39-26-21-36(22-27-39)41-16-13-20-52-53(41)42-15-11-12-19-51(42)62-52/h11-30,33-35H,31-32H2,1-10H3. The van der Waals surface area contributed by atoms with Gasteiger partial charge in [-0.25, -0.2) is 0 Å². The molecule has 4 heteroatoms. The van der Waals surface area contributed by atoms with Gasteiger partial charge in [0.25, 0.3) is 6.71 Å². The number of fused-ring (bicyclic) bond motifs is 8. The topological polar surface area (TPSA) is 19.6 Å². The lowest BCUT2D eigenvalue weighted by Gasteiger charge is -2.47. The summed E-state index contributed by atoms with van der Waals surface area (Å²) in [5, 5.41) is 2.32. The number of nitrogens with zero attached hydrogens (tertiary/aromatic N) is 2. The lowest BCUT2D eigenvalue weighted by atomic mass is 9.33. The van der Waals surface area contributed by atoms with Gasteiger partial charge in [0, 0.05) is 44.9 Å². The molecule has 3 aliphatic rings. The molecule has 11 rings (SSSR count). The minimum atomic E-state index is -0.00271. The zero-order chi connectivity index (χ0) is 43.1. The van der Waals surface area contributed by atoms with Crippen LogP contribution in [0, 0.1) is 0 Å². The number of para-hydroxylation sites is 1. The van der Waals surface area contributed by atoms with E-state index in [2.05, 4.69) is 212 Å². The first kappa shape index (κ1) is 38.9. The molecular weight excluding hydrogens is 751 g/mol. The third kappa shape index (κ3) is 5.85. The van der Waals surface area contributed by atoms with E-state index in [0.29, 0.717) is 0 Å². The molecular formula is C58H57BN2O. The highest BCUT2D eigenvalue weighted by molar-refractivity contribution is 7.00. The molecule has 2 aliphatic heterocycles. The number of anilines is 6. The summed E-state index contributed by atoms with van der Waals surface area (Å²) in [7, 11) is 0. The van der Waals surface area contributed by atoms with E-state index >= 15 is 0 Å². The van der Waals surface area contributed by atoms with E-state index in [4.69, 9.17) is 4.42 Å². The number of rotatable bonds is 3. The van der Waals surface area contributed by atoms with Gasteiger partial charge in [-0.15, -0.1) is 0 Å². The van der Waals surface area contributed by atoms with Crippen LogP contribution in [-0.4, -0.2) is 6.71 Å². The van der Waals surface area contributed by atoms with Gasteiger partial charge in [-0.1, -0.05) is 148 Å². The summed E-state index contributed by atoms with van der Waals surface area (Å²) in [6.45, 7) is 23.8. The first-order valence-electron chi connectivity index (χ1n) is 22.7. The average molecular weight is 809 g/mol. The molecule has 0 saturated heterocycles. The summed E-state index contributed by atoms with van der Waals surface area (Å²) in [5.74, 6) is 0. The largest absolute Gasteiger partial charge is 0.456 e. The molecule has 62 heavy (non-hydrogen) atoms. The Morgan fingerprint density at radius 2 is 1.05 bits per heavy atom. The summed E-state index contributed by atoms with van der Waals surface area (Å²) < 4.78 is 6.32. The van der Waals surface area contributed by atoms with E-state index in [0.717, 1.165) is 22.2 Å². The Bertz CT molecular complexity index is 3100. The van der Waals surface area contributed by atoms with Crippen LogP contribution in [0.2, 0.25) is 0 Å². The number of hydrogen-bond acceptors (Lipinski definition) is 3. The Morgan fingerprint density at radius 1 is 0.500 bits per heavy atom. The highest BCUT2D eigenvalue weighted by Crippen LogP contribution is 2.51. The molecule has 0 amide bonds. The molecule has 0 fully saturated rings. The Kier molecular flexibility index (Phi) is 8.32. The van der Waals surface area contributed by atoms with Gasteiger partial charge in [0.1, 0.15) is 11.2 Å². The molecule has 7 aromatic carbocycles. The SMILES string of the molecule is CC(C)(C)c1ccc(N2c3cc(C(C)(C)C)ccc3B3c4cc5c(cc4N(c4ccc(-c6cccc7oc8ccccc8c67)cc4)c4cccc2c43)C(C)(C)CCC5(C)C)cc1. The molecule has 0 unspecified atom stereocenters. The van der Waals surface area contributed by atoms with Crippen LogP contribution in [0.4, 0.5) is 34.1 Å². The van der Waals surface area contributed by atoms with Crippen LogP contribution in [0.15, 0.2) is 144 Å². The van der Waals surface area contributed by atoms with Crippen LogP contribution in [0.3, 0.4) is 0 Å². The zero-order valence-electron chi connectivity index (χ0n) is 38.1. The third-order valence-corrected chi connectivity index (χ3v) is 14.7. The molecule has 0 spiro atoms. The first-order chi connectivity index (χ1) is 29.5. The van der Waals surface area contributed by atoms with E-state index in [-0.39, 0.29) is 28.4 Å². The Hall–Kier alpha value is -6.00. The predicted molar refractivity (Wildman–Crippen MR) is 266 cm³/mol. The Morgan fingerprint density at radius 3 is 1.69 bits per heavy atom. The van der Waals surface area contributed by atoms with Gasteiger partial charge in [0.15, 0.2) is 0 Å². The van der Waals surface area contributed by atoms with Gasteiger partial charge >= 0.3 is 0 Å². The van der Waals surface area contributed by atoms with Gasteiger partial charge in [0.2, 0.25) is 0 Å². The minimum Gasteiger partial charge on any atom is -0.456 e. The van der Waals surface area contributed by atoms with Crippen molar-refractivity contribution in [3.63, 3.8) is 0 Å². The lowest BCUT2D eigenvalue weighted by Crippen LogP contribution is -2.61. The molecule has 3 heterocycles. The van der Waals surface area contributed by atoms with Crippen LogP contribution in [-0.2, 0) is 21.7 Å². The van der Waals surface area contributed by atoms with Gasteiger partial charge in [0.05, 0.1) is 0 Å². The maximum absolute atomic E-state index is 6.32. The van der Waals surface area contributed by atoms with Gasteiger partial charge in [-0.3, -0.25) is 0 Å². The van der Waals surface area contributed by atoms with Gasteiger partial charge < -0.3 is 14.2 Å². The van der Waals surface area contributed by atoms with Crippen molar-refractivity contribution < 1.29 is 4.42 Å². The van der Waals surface area contributed by atoms with Crippen LogP contribution in [0.5, 0.6) is 0 Å². The fourth-order valence-corrected chi connectivity index (χ4v) is 10.9. The van der Waals surface area contributed by atoms with Crippen molar-refractivity contribution in [3.05, 3.63) is 162 Å². The third-order valence-electron chi connectivity index (χ3n) is 14.7. The zero-order valence-corrected chi connectivity index (χ0v) is 38.1. The highest BCUT2D eigenvalue weighted by atomic mass is 16.3. The van der Waals surface area contributed by atoms with E-state index in [1.54, 1.807) is 0 Å². The number of furan rings is 1. The Labute approximate surface area is 368 Å². The molecule has 1 aromatic heterocycles. The van der Waals surface area contributed by atoms with E-state index in [9.17, 15) is 0 Å². The normalized spacial score (nSPS) is 16.3. The summed E-state index contributed by atoms with van der Waals surface area (Å²) in [4.78, 5) is 5.13. The first-order valence-corrected chi connectivity index (χ1v) is 22.7. The molecule has 308 valence electrons. The maximum atomic E-state index is 6.32. The molecule has 0 saturated carbocycles. The monoisotopic (exact) mass is 808 g/mol. The number of hydrogen-bond donors (Lipinski definition) is 0. The van der Waals surface area contributed by atoms with Crippen LogP contribution in [0.1, 0.15) is 104 Å². The van der Waals surface area contributed by atoms with Crippen molar-refractivity contribution in [2.24, 2.45) is 0 Å². The summed E-state index contributed by atoms with van der Waals surface area (Å²) in [5.41, 5.74) is 21.6. The lowest BCUT2D eigenvalue weighted by molar-refractivity contribution is 0.332. The van der Waals surface area contributed by atoms with E-state index in [1.165, 1.54) is 96.4 Å². The van der Waals surface area contributed by atoms with Crippen molar-refractivity contribution in [1.82, 2.24) is 0 Å². The highest BCUT2D eigenvalue weighted by Gasteiger charge is 2.46. The van der Waals surface area contributed by atoms with Crippen LogP contribution >= 0.6 is 0 Å². The molecule has 1 aliphatic carbocycles. The molecule has 0 atom stereocenters. The average Bonchev–Trinajstić information content (AvgIpc) is 3.63. The van der Waals surface area contributed by atoms with Gasteiger partial charge in [-0.05, 0) is 145 Å². The summed E-state index contributed by atoms with van der Waals surface area (Å²) in [6, 6.07) is 53.0. The molecule has 3 nitrogen and oxygen atoms in total. The number of benzene rings is 7. The summed E-state index contributed by atoms with van der Waals surface area (Å²) in [6.07, 6.45) is 2.34. The molecule has 8 aromatic rings. The maximum Gasteiger partial charge on any atom is 0.252 e. The smallest absolute Gasteiger partial charge is 0.252 e. The quantitative estimate of drug-likeness (QED) is 0.166. The fraction of sp³-hybridized carbons (Fsp3) is 0.276. The van der Waals surface area contributed by atoms with Gasteiger partial charge in [-0.2, -0.15) is 0 Å². The molecule has 0 radical (unpaired) electrons. The molecule has 0 N–H and O–H groups in total.